The standard InChI is InChI=1S/C12H15N3O4/c16-11(17)5-12(7-13-8-12)14-6-9-3-1-2-4-10(9)15(18)19/h1-4,13-14H,5-8H2,(H,16,17). The summed E-state index contributed by atoms with van der Waals surface area (Å²) in [7, 11) is 0. The van der Waals surface area contributed by atoms with E-state index >= 15 is 0 Å². The maximum absolute atomic E-state index is 10.9. The van der Waals surface area contributed by atoms with Gasteiger partial charge in [0.05, 0.1) is 16.9 Å². The summed E-state index contributed by atoms with van der Waals surface area (Å²) in [6, 6.07) is 6.46. The number of hydrogen-bond acceptors (Lipinski definition) is 5. The fourth-order valence-corrected chi connectivity index (χ4v) is 2.15. The summed E-state index contributed by atoms with van der Waals surface area (Å²) >= 11 is 0. The number of nitrogens with one attached hydrogen (secondary N) is 2. The van der Waals surface area contributed by atoms with Crippen molar-refractivity contribution in [1.29, 1.82) is 0 Å². The average molecular weight is 265 g/mol. The van der Waals surface area contributed by atoms with Gasteiger partial charge in [0.2, 0.25) is 0 Å². The van der Waals surface area contributed by atoms with Crippen molar-refractivity contribution in [3.63, 3.8) is 0 Å². The van der Waals surface area contributed by atoms with E-state index in [-0.39, 0.29) is 18.7 Å². The highest BCUT2D eigenvalue weighted by molar-refractivity contribution is 5.68. The van der Waals surface area contributed by atoms with E-state index in [1.807, 2.05) is 0 Å². The fourth-order valence-electron chi connectivity index (χ4n) is 2.15. The number of aliphatic carboxylic acids is 1. The molecule has 1 heterocycles. The second-order valence-corrected chi connectivity index (χ2v) is 4.69. The van der Waals surface area contributed by atoms with Crippen molar-refractivity contribution < 1.29 is 14.8 Å². The minimum atomic E-state index is -0.878. The molecule has 1 saturated heterocycles. The van der Waals surface area contributed by atoms with Gasteiger partial charge in [0.1, 0.15) is 0 Å². The molecule has 0 radical (unpaired) electrons. The summed E-state index contributed by atoms with van der Waals surface area (Å²) in [5.74, 6) is -0.878. The van der Waals surface area contributed by atoms with E-state index in [2.05, 4.69) is 10.6 Å². The van der Waals surface area contributed by atoms with Crippen molar-refractivity contribution in [2.75, 3.05) is 13.1 Å². The minimum Gasteiger partial charge on any atom is -0.481 e. The van der Waals surface area contributed by atoms with Crippen LogP contribution in [0, 0.1) is 10.1 Å². The van der Waals surface area contributed by atoms with Crippen LogP contribution >= 0.6 is 0 Å². The molecule has 0 atom stereocenters. The normalized spacial score (nSPS) is 16.6. The van der Waals surface area contributed by atoms with Crippen LogP contribution in [-0.2, 0) is 11.3 Å². The summed E-state index contributed by atoms with van der Waals surface area (Å²) in [6.07, 6.45) is 0.000626. The van der Waals surface area contributed by atoms with E-state index in [1.165, 1.54) is 6.07 Å². The lowest BCUT2D eigenvalue weighted by Gasteiger charge is -2.42. The predicted octanol–water partition coefficient (Wildman–Crippen LogP) is 0.501. The van der Waals surface area contributed by atoms with Crippen molar-refractivity contribution in [3.8, 4) is 0 Å². The number of carboxylic acid groups (broad SMARTS) is 1. The van der Waals surface area contributed by atoms with Crippen molar-refractivity contribution >= 4 is 11.7 Å². The third kappa shape index (κ3) is 3.07. The van der Waals surface area contributed by atoms with E-state index in [0.717, 1.165) is 0 Å². The van der Waals surface area contributed by atoms with Crippen LogP contribution in [0.15, 0.2) is 24.3 Å². The molecule has 1 aromatic rings. The largest absolute Gasteiger partial charge is 0.481 e. The van der Waals surface area contributed by atoms with Crippen LogP contribution in [0.4, 0.5) is 5.69 Å². The van der Waals surface area contributed by atoms with Crippen LogP contribution in [-0.4, -0.2) is 34.6 Å². The molecule has 3 N–H and O–H groups in total. The Kier molecular flexibility index (Phi) is 3.77. The molecule has 1 aromatic carbocycles. The molecule has 1 aliphatic rings. The molecule has 19 heavy (non-hydrogen) atoms. The third-order valence-corrected chi connectivity index (χ3v) is 3.26. The van der Waals surface area contributed by atoms with Crippen LogP contribution in [0.1, 0.15) is 12.0 Å². The molecular formula is C12H15N3O4. The fraction of sp³-hybridized carbons (Fsp3) is 0.417. The van der Waals surface area contributed by atoms with Crippen LogP contribution in [0.2, 0.25) is 0 Å². The first-order valence-electron chi connectivity index (χ1n) is 5.92. The number of para-hydroxylation sites is 1. The van der Waals surface area contributed by atoms with E-state index in [4.69, 9.17) is 5.11 Å². The first-order valence-corrected chi connectivity index (χ1v) is 5.92. The second-order valence-electron chi connectivity index (χ2n) is 4.69. The SMILES string of the molecule is O=C(O)CC1(NCc2ccccc2[N+](=O)[O-])CNC1. The van der Waals surface area contributed by atoms with Crippen LogP contribution in [0.5, 0.6) is 0 Å². The molecule has 0 aromatic heterocycles. The first-order chi connectivity index (χ1) is 9.02. The Balaban J connectivity index is 2.06. The Bertz CT molecular complexity index is 500. The molecular weight excluding hydrogens is 250 g/mol. The summed E-state index contributed by atoms with van der Waals surface area (Å²) in [6.45, 7) is 1.39. The van der Waals surface area contributed by atoms with Gasteiger partial charge in [-0.05, 0) is 0 Å². The van der Waals surface area contributed by atoms with Gasteiger partial charge in [-0.3, -0.25) is 14.9 Å². The van der Waals surface area contributed by atoms with Gasteiger partial charge in [-0.25, -0.2) is 0 Å². The molecule has 0 aliphatic carbocycles. The molecule has 1 fully saturated rings. The zero-order chi connectivity index (χ0) is 13.9. The van der Waals surface area contributed by atoms with Gasteiger partial charge in [-0.2, -0.15) is 0 Å². The topological polar surface area (TPSA) is 104 Å². The van der Waals surface area contributed by atoms with Gasteiger partial charge in [-0.15, -0.1) is 0 Å². The molecule has 7 nitrogen and oxygen atoms in total. The lowest BCUT2D eigenvalue weighted by atomic mass is 9.88. The number of carbonyl (C=O) groups is 1. The maximum Gasteiger partial charge on any atom is 0.305 e. The lowest BCUT2D eigenvalue weighted by molar-refractivity contribution is -0.385. The van der Waals surface area contributed by atoms with Gasteiger partial charge < -0.3 is 15.7 Å². The van der Waals surface area contributed by atoms with E-state index in [1.54, 1.807) is 18.2 Å². The van der Waals surface area contributed by atoms with E-state index in [9.17, 15) is 14.9 Å². The number of hydrogen-bond donors (Lipinski definition) is 3. The van der Waals surface area contributed by atoms with Crippen LogP contribution in [0.3, 0.4) is 0 Å². The minimum absolute atomic E-state index is 0.000626. The van der Waals surface area contributed by atoms with Crippen LogP contribution < -0.4 is 10.6 Å². The van der Waals surface area contributed by atoms with Gasteiger partial charge >= 0.3 is 5.97 Å². The van der Waals surface area contributed by atoms with Gasteiger partial charge in [0.25, 0.3) is 5.69 Å². The smallest absolute Gasteiger partial charge is 0.305 e. The molecule has 0 unspecified atom stereocenters. The van der Waals surface area contributed by atoms with E-state index in [0.29, 0.717) is 18.7 Å². The Labute approximate surface area is 109 Å². The third-order valence-electron chi connectivity index (χ3n) is 3.26. The quantitative estimate of drug-likeness (QED) is 0.511. The van der Waals surface area contributed by atoms with Crippen molar-refractivity contribution in [2.45, 2.75) is 18.5 Å². The Hall–Kier alpha value is -1.99. The van der Waals surface area contributed by atoms with Gasteiger partial charge in [0.15, 0.2) is 0 Å². The highest BCUT2D eigenvalue weighted by atomic mass is 16.6. The number of rotatable bonds is 6. The number of carboxylic acids is 1. The lowest BCUT2D eigenvalue weighted by Crippen LogP contribution is -2.68. The number of nitro groups is 1. The molecule has 0 saturated carbocycles. The highest BCUT2D eigenvalue weighted by Gasteiger charge is 2.38. The highest BCUT2D eigenvalue weighted by Crippen LogP contribution is 2.21. The predicted molar refractivity (Wildman–Crippen MR) is 67.8 cm³/mol. The second kappa shape index (κ2) is 5.33. The molecule has 102 valence electrons. The first kappa shape index (κ1) is 13.4. The van der Waals surface area contributed by atoms with Gasteiger partial charge in [-0.1, -0.05) is 18.2 Å². The molecule has 0 bridgehead atoms. The number of benzene rings is 1. The Morgan fingerprint density at radius 3 is 2.68 bits per heavy atom. The summed E-state index contributed by atoms with van der Waals surface area (Å²) in [5, 5.41) is 25.9. The van der Waals surface area contributed by atoms with Crippen molar-refractivity contribution in [2.24, 2.45) is 0 Å². The Morgan fingerprint density at radius 2 is 2.16 bits per heavy atom. The molecule has 7 heteroatoms. The van der Waals surface area contributed by atoms with Gasteiger partial charge in [0, 0.05) is 31.3 Å². The van der Waals surface area contributed by atoms with Crippen molar-refractivity contribution in [3.05, 3.63) is 39.9 Å². The average Bonchev–Trinajstić information content (AvgIpc) is 2.32. The molecule has 1 aliphatic heterocycles. The zero-order valence-electron chi connectivity index (χ0n) is 10.3. The molecule has 2 rings (SSSR count). The summed E-state index contributed by atoms with van der Waals surface area (Å²) in [5.41, 5.74) is 0.104. The summed E-state index contributed by atoms with van der Waals surface area (Å²) in [4.78, 5) is 21.3. The maximum atomic E-state index is 10.9. The van der Waals surface area contributed by atoms with E-state index < -0.39 is 16.4 Å². The number of nitrogens with zero attached hydrogens (tertiary/aromatic N) is 1. The molecule has 0 amide bonds. The molecule has 0 spiro atoms. The van der Waals surface area contributed by atoms with Crippen LogP contribution in [0.25, 0.3) is 0 Å². The monoisotopic (exact) mass is 265 g/mol. The zero-order valence-corrected chi connectivity index (χ0v) is 10.3. The summed E-state index contributed by atoms with van der Waals surface area (Å²) < 4.78 is 0. The van der Waals surface area contributed by atoms with Crippen molar-refractivity contribution in [1.82, 2.24) is 10.6 Å². The number of nitro benzene ring substituents is 1. The Morgan fingerprint density at radius 1 is 1.47 bits per heavy atom.